The van der Waals surface area contributed by atoms with E-state index in [2.05, 4.69) is 20.4 Å². The lowest BCUT2D eigenvalue weighted by Gasteiger charge is -2.24. The van der Waals surface area contributed by atoms with Crippen molar-refractivity contribution in [1.82, 2.24) is 19.7 Å². The number of carboxylic acid groups (broad SMARTS) is 1. The summed E-state index contributed by atoms with van der Waals surface area (Å²) in [5.41, 5.74) is 1.39. The van der Waals surface area contributed by atoms with Crippen molar-refractivity contribution < 1.29 is 14.7 Å². The topological polar surface area (TPSA) is 130 Å². The van der Waals surface area contributed by atoms with Crippen molar-refractivity contribution in [2.75, 3.05) is 5.32 Å². The Morgan fingerprint density at radius 2 is 1.89 bits per heavy atom. The third-order valence-electron chi connectivity index (χ3n) is 4.75. The number of allylic oxidation sites excluding steroid dienone is 2. The van der Waals surface area contributed by atoms with E-state index in [1.807, 2.05) is 6.08 Å². The van der Waals surface area contributed by atoms with E-state index in [0.29, 0.717) is 35.6 Å². The predicted molar refractivity (Wildman–Crippen MR) is 97.8 cm³/mol. The minimum Gasteiger partial charge on any atom is -0.481 e. The summed E-state index contributed by atoms with van der Waals surface area (Å²) in [7, 11) is 0. The highest BCUT2D eigenvalue weighted by molar-refractivity contribution is 5.95. The summed E-state index contributed by atoms with van der Waals surface area (Å²) in [6.45, 7) is 5.13. The zero-order valence-electron chi connectivity index (χ0n) is 15.3. The summed E-state index contributed by atoms with van der Waals surface area (Å²) in [4.78, 5) is 43.2. The molecule has 1 aliphatic rings. The third-order valence-corrected chi connectivity index (χ3v) is 4.75. The Morgan fingerprint density at radius 1 is 1.22 bits per heavy atom. The van der Waals surface area contributed by atoms with Gasteiger partial charge >= 0.3 is 5.97 Å². The number of amides is 1. The van der Waals surface area contributed by atoms with E-state index in [4.69, 9.17) is 0 Å². The number of aryl methyl sites for hydroxylation is 2. The summed E-state index contributed by atoms with van der Waals surface area (Å²) in [5.74, 6) is -2.34. The number of nitrogens with zero attached hydrogens (tertiary/aromatic N) is 3. The van der Waals surface area contributed by atoms with Gasteiger partial charge in [-0.25, -0.2) is 4.98 Å². The predicted octanol–water partition coefficient (Wildman–Crippen LogP) is 1.49. The second-order valence-electron chi connectivity index (χ2n) is 6.67. The molecule has 2 aromatic rings. The monoisotopic (exact) mass is 371 g/mol. The number of H-pyrrole nitrogens is 1. The molecule has 0 unspecified atom stereocenters. The summed E-state index contributed by atoms with van der Waals surface area (Å²) < 4.78 is 1.34. The van der Waals surface area contributed by atoms with Gasteiger partial charge in [-0.05, 0) is 33.6 Å². The van der Waals surface area contributed by atoms with Crippen molar-refractivity contribution in [3.8, 4) is 5.95 Å². The summed E-state index contributed by atoms with van der Waals surface area (Å²) in [6.07, 6.45) is 4.27. The average Bonchev–Trinajstić information content (AvgIpc) is 2.99. The van der Waals surface area contributed by atoms with Gasteiger partial charge in [0.05, 0.1) is 17.5 Å². The van der Waals surface area contributed by atoms with Crippen LogP contribution in [0.25, 0.3) is 5.95 Å². The number of rotatable bonds is 4. The van der Waals surface area contributed by atoms with E-state index < -0.39 is 23.7 Å². The van der Waals surface area contributed by atoms with Gasteiger partial charge in [0.15, 0.2) is 0 Å². The minimum absolute atomic E-state index is 0.185. The lowest BCUT2D eigenvalue weighted by atomic mass is 9.82. The fraction of sp³-hybridized carbons (Fsp3) is 0.389. The Labute approximate surface area is 155 Å². The van der Waals surface area contributed by atoms with E-state index in [1.54, 1.807) is 32.9 Å². The molecule has 0 aliphatic heterocycles. The van der Waals surface area contributed by atoms with Gasteiger partial charge in [0.1, 0.15) is 5.82 Å². The Kier molecular flexibility index (Phi) is 4.93. The highest BCUT2D eigenvalue weighted by Crippen LogP contribution is 2.27. The Balaban J connectivity index is 1.93. The van der Waals surface area contributed by atoms with E-state index >= 15 is 0 Å². The van der Waals surface area contributed by atoms with Gasteiger partial charge in [-0.2, -0.15) is 9.78 Å². The van der Waals surface area contributed by atoms with E-state index in [1.165, 1.54) is 4.68 Å². The molecule has 9 heteroatoms. The molecule has 1 aliphatic carbocycles. The van der Waals surface area contributed by atoms with Crippen LogP contribution in [-0.4, -0.2) is 36.7 Å². The standard InChI is InChI=1S/C18H21N5O4/c1-9-8-14(20-16(25)12-6-4-5-7-13(12)17(26)27)23(22-9)18-19-11(3)10(2)15(24)21-18/h4-5,8,12-13H,6-7H2,1-3H3,(H,20,25)(H,26,27)(H,19,21,24)/t12-,13+/m0/s1. The molecule has 9 nitrogen and oxygen atoms in total. The van der Waals surface area contributed by atoms with Crippen LogP contribution >= 0.6 is 0 Å². The number of anilines is 1. The largest absolute Gasteiger partial charge is 0.481 e. The van der Waals surface area contributed by atoms with E-state index in [-0.39, 0.29) is 11.5 Å². The number of carbonyl (C=O) groups is 2. The van der Waals surface area contributed by atoms with Crippen LogP contribution in [0.1, 0.15) is 29.8 Å². The van der Waals surface area contributed by atoms with Gasteiger partial charge in [0, 0.05) is 17.3 Å². The van der Waals surface area contributed by atoms with Crippen molar-refractivity contribution in [3.05, 3.63) is 45.5 Å². The van der Waals surface area contributed by atoms with Crippen LogP contribution in [0.5, 0.6) is 0 Å². The first-order chi connectivity index (χ1) is 12.8. The molecule has 0 fully saturated rings. The molecule has 0 spiro atoms. The number of carboxylic acids is 1. The molecule has 0 aromatic carbocycles. The van der Waals surface area contributed by atoms with Gasteiger partial charge < -0.3 is 10.4 Å². The quantitative estimate of drug-likeness (QED) is 0.698. The lowest BCUT2D eigenvalue weighted by molar-refractivity contribution is -0.146. The Morgan fingerprint density at radius 3 is 2.52 bits per heavy atom. The van der Waals surface area contributed by atoms with Crippen LogP contribution < -0.4 is 10.9 Å². The number of nitrogens with one attached hydrogen (secondary N) is 2. The fourth-order valence-electron chi connectivity index (χ4n) is 3.08. The molecule has 0 saturated heterocycles. The second-order valence-corrected chi connectivity index (χ2v) is 6.67. The maximum atomic E-state index is 12.7. The molecule has 27 heavy (non-hydrogen) atoms. The van der Waals surface area contributed by atoms with E-state index in [9.17, 15) is 19.5 Å². The van der Waals surface area contributed by atoms with Gasteiger partial charge in [0.2, 0.25) is 11.9 Å². The van der Waals surface area contributed by atoms with Crippen molar-refractivity contribution >= 4 is 17.7 Å². The molecule has 2 aromatic heterocycles. The molecule has 142 valence electrons. The SMILES string of the molecule is Cc1cc(NC(=O)[C@H]2CC=CC[C@H]2C(=O)O)n(-c2nc(C)c(C)c(=O)[nH]2)n1. The van der Waals surface area contributed by atoms with Crippen LogP contribution in [0.3, 0.4) is 0 Å². The number of carbonyl (C=O) groups excluding carboxylic acids is 1. The molecular formula is C18H21N5O4. The highest BCUT2D eigenvalue weighted by atomic mass is 16.4. The van der Waals surface area contributed by atoms with Gasteiger partial charge in [-0.3, -0.25) is 19.4 Å². The number of aromatic amines is 1. The highest BCUT2D eigenvalue weighted by Gasteiger charge is 2.34. The number of hydrogen-bond acceptors (Lipinski definition) is 5. The Hall–Kier alpha value is -3.23. The molecular weight excluding hydrogens is 350 g/mol. The molecule has 3 N–H and O–H groups in total. The average molecular weight is 371 g/mol. The smallest absolute Gasteiger partial charge is 0.307 e. The van der Waals surface area contributed by atoms with Gasteiger partial charge in [-0.15, -0.1) is 0 Å². The lowest BCUT2D eigenvalue weighted by Crippen LogP contribution is -2.35. The summed E-state index contributed by atoms with van der Waals surface area (Å²) >= 11 is 0. The molecule has 0 saturated carbocycles. The second kappa shape index (κ2) is 7.18. The number of aromatic nitrogens is 4. The fourth-order valence-corrected chi connectivity index (χ4v) is 3.08. The van der Waals surface area contributed by atoms with Crippen molar-refractivity contribution in [2.45, 2.75) is 33.6 Å². The molecule has 2 atom stereocenters. The third kappa shape index (κ3) is 3.67. The zero-order chi connectivity index (χ0) is 19.7. The molecule has 0 radical (unpaired) electrons. The minimum atomic E-state index is -0.996. The number of hydrogen-bond donors (Lipinski definition) is 3. The van der Waals surface area contributed by atoms with Gasteiger partial charge in [-0.1, -0.05) is 12.2 Å². The summed E-state index contributed by atoms with van der Waals surface area (Å²) in [5, 5.41) is 16.4. The van der Waals surface area contributed by atoms with Gasteiger partial charge in [0.25, 0.3) is 5.56 Å². The first-order valence-electron chi connectivity index (χ1n) is 8.61. The van der Waals surface area contributed by atoms with Crippen LogP contribution in [0.2, 0.25) is 0 Å². The van der Waals surface area contributed by atoms with E-state index in [0.717, 1.165) is 0 Å². The molecule has 3 rings (SSSR count). The van der Waals surface area contributed by atoms with Crippen LogP contribution in [-0.2, 0) is 9.59 Å². The first kappa shape index (κ1) is 18.6. The molecule has 2 heterocycles. The maximum Gasteiger partial charge on any atom is 0.307 e. The molecule has 0 bridgehead atoms. The molecule has 1 amide bonds. The maximum absolute atomic E-state index is 12.7. The van der Waals surface area contributed by atoms with Crippen molar-refractivity contribution in [3.63, 3.8) is 0 Å². The zero-order valence-corrected chi connectivity index (χ0v) is 15.3. The normalized spacial score (nSPS) is 19.1. The van der Waals surface area contributed by atoms with Crippen molar-refractivity contribution in [2.24, 2.45) is 11.8 Å². The first-order valence-corrected chi connectivity index (χ1v) is 8.61. The Bertz CT molecular complexity index is 988. The van der Waals surface area contributed by atoms with Crippen LogP contribution in [0.4, 0.5) is 5.82 Å². The van der Waals surface area contributed by atoms with Crippen molar-refractivity contribution in [1.29, 1.82) is 0 Å². The number of aliphatic carboxylic acids is 1. The summed E-state index contributed by atoms with van der Waals surface area (Å²) in [6, 6.07) is 1.64. The van der Waals surface area contributed by atoms with Crippen LogP contribution in [0.15, 0.2) is 23.0 Å². The van der Waals surface area contributed by atoms with Crippen LogP contribution in [0, 0.1) is 32.6 Å².